The monoisotopic (exact) mass is 576 g/mol. The average Bonchev–Trinajstić information content (AvgIpc) is 3.48. The number of amides is 1. The number of fused-ring (bicyclic) bond motifs is 2. The molecule has 0 saturated carbocycles. The van der Waals surface area contributed by atoms with Crippen LogP contribution < -0.4 is 0 Å². The number of carbonyl (C=O) groups excluding carboxylic acids is 3. The van der Waals surface area contributed by atoms with Crippen molar-refractivity contribution in [2.45, 2.75) is 89.2 Å². The lowest BCUT2D eigenvalue weighted by molar-refractivity contribution is -0.187. The fraction of sp³-hybridized carbons (Fsp3) is 0.545. The molecule has 2 aromatic rings. The second kappa shape index (κ2) is 10.5. The lowest BCUT2D eigenvalue weighted by Gasteiger charge is -2.49. The van der Waals surface area contributed by atoms with Crippen LogP contribution in [-0.4, -0.2) is 76.9 Å². The molecule has 0 N–H and O–H groups in total. The number of likely N-dealkylation sites (tertiary alicyclic amines) is 1. The van der Waals surface area contributed by atoms with Gasteiger partial charge >= 0.3 is 12.1 Å². The lowest BCUT2D eigenvalue weighted by atomic mass is 9.71. The van der Waals surface area contributed by atoms with E-state index in [0.717, 1.165) is 11.1 Å². The predicted octanol–water partition coefficient (Wildman–Crippen LogP) is 4.82. The Kier molecular flexibility index (Phi) is 7.19. The number of cyclic esters (lactones) is 1. The summed E-state index contributed by atoms with van der Waals surface area (Å²) in [6.07, 6.45) is -1.02. The Balaban J connectivity index is 1.47. The van der Waals surface area contributed by atoms with Crippen LogP contribution in [0.3, 0.4) is 0 Å². The number of rotatable bonds is 3. The van der Waals surface area contributed by atoms with Crippen LogP contribution in [0.5, 0.6) is 0 Å². The summed E-state index contributed by atoms with van der Waals surface area (Å²) in [6.45, 7) is 9.83. The van der Waals surface area contributed by atoms with E-state index in [2.05, 4.69) is 4.90 Å². The zero-order valence-electron chi connectivity index (χ0n) is 24.9. The zero-order chi connectivity index (χ0) is 29.9. The maximum absolute atomic E-state index is 14.2. The van der Waals surface area contributed by atoms with Gasteiger partial charge in [0.05, 0.1) is 24.2 Å². The van der Waals surface area contributed by atoms with Crippen LogP contribution >= 0.6 is 0 Å². The smallest absolute Gasteiger partial charge is 0.410 e. The fourth-order valence-electron chi connectivity index (χ4n) is 7.20. The Morgan fingerprint density at radius 3 is 2.21 bits per heavy atom. The number of ketones is 1. The molecular formula is C33H40N2O7. The van der Waals surface area contributed by atoms with Gasteiger partial charge in [0.2, 0.25) is 0 Å². The Labute approximate surface area is 247 Å². The highest BCUT2D eigenvalue weighted by Crippen LogP contribution is 2.56. The van der Waals surface area contributed by atoms with E-state index in [-0.39, 0.29) is 37.4 Å². The van der Waals surface area contributed by atoms with Crippen LogP contribution in [0.4, 0.5) is 4.79 Å². The molecule has 6 rings (SSSR count). The summed E-state index contributed by atoms with van der Waals surface area (Å²) in [5, 5.41) is 0. The minimum Gasteiger partial charge on any atom is -0.454 e. The topological polar surface area (TPSA) is 94.6 Å². The molecule has 42 heavy (non-hydrogen) atoms. The highest BCUT2D eigenvalue weighted by atomic mass is 16.7. The SMILES string of the molecule is CC(C)(C)OC(=O)N1CCC(=O)[C@]2(C[C@H]([C@@H]3COC(C)(C)O3)N3[C@H](c4ccccc4)[C@H](c4ccccc4)OC(=O)[C@H]32)C1. The van der Waals surface area contributed by atoms with E-state index < -0.39 is 47.1 Å². The van der Waals surface area contributed by atoms with Crippen molar-refractivity contribution in [3.63, 3.8) is 0 Å². The molecule has 4 aliphatic heterocycles. The summed E-state index contributed by atoms with van der Waals surface area (Å²) in [4.78, 5) is 45.3. The number of ether oxygens (including phenoxy) is 4. The Morgan fingerprint density at radius 1 is 0.976 bits per heavy atom. The normalized spacial score (nSPS) is 33.0. The first-order valence-electron chi connectivity index (χ1n) is 14.8. The second-order valence-corrected chi connectivity index (χ2v) is 13.3. The lowest BCUT2D eigenvalue weighted by Crippen LogP contribution is -2.62. The predicted molar refractivity (Wildman–Crippen MR) is 153 cm³/mol. The number of Topliss-reactive ketones (excluding diaryl/α,β-unsaturated/α-hetero) is 1. The van der Waals surface area contributed by atoms with Gasteiger partial charge in [0, 0.05) is 25.6 Å². The van der Waals surface area contributed by atoms with Crippen LogP contribution in [0.15, 0.2) is 60.7 Å². The standard InChI is InChI=1S/C33H40N2O7/c1-31(2,3)42-30(38)34-17-16-25(36)33(20-34)18-23(24-19-39-32(4,5)41-24)35-26(21-12-8-6-9-13-21)27(40-29(37)28(33)35)22-14-10-7-11-15-22/h6-15,23-24,26-28H,16-20H2,1-5H3/t23-,24+,26-,27+,28+,33+/m1/s1. The summed E-state index contributed by atoms with van der Waals surface area (Å²) in [7, 11) is 0. The molecule has 224 valence electrons. The Hall–Kier alpha value is -3.27. The molecule has 4 aliphatic rings. The average molecular weight is 577 g/mol. The van der Waals surface area contributed by atoms with Crippen molar-refractivity contribution in [3.05, 3.63) is 71.8 Å². The molecule has 0 radical (unpaired) electrons. The van der Waals surface area contributed by atoms with E-state index in [1.54, 1.807) is 4.90 Å². The number of morpholine rings is 1. The molecule has 0 aromatic heterocycles. The van der Waals surface area contributed by atoms with Gasteiger partial charge in [0.1, 0.15) is 23.5 Å². The number of hydrogen-bond donors (Lipinski definition) is 0. The highest BCUT2D eigenvalue weighted by molar-refractivity contribution is 5.95. The zero-order valence-corrected chi connectivity index (χ0v) is 24.9. The first kappa shape index (κ1) is 28.8. The van der Waals surface area contributed by atoms with Gasteiger partial charge in [-0.2, -0.15) is 0 Å². The first-order valence-corrected chi connectivity index (χ1v) is 14.8. The van der Waals surface area contributed by atoms with Gasteiger partial charge in [-0.05, 0) is 52.2 Å². The summed E-state index contributed by atoms with van der Waals surface area (Å²) in [5.41, 5.74) is -0.0352. The molecule has 4 heterocycles. The van der Waals surface area contributed by atoms with Crippen LogP contribution in [0, 0.1) is 5.41 Å². The summed E-state index contributed by atoms with van der Waals surface area (Å²) < 4.78 is 24.4. The van der Waals surface area contributed by atoms with Crippen LogP contribution in [0.2, 0.25) is 0 Å². The fourth-order valence-corrected chi connectivity index (χ4v) is 7.20. The van der Waals surface area contributed by atoms with E-state index in [0.29, 0.717) is 13.0 Å². The van der Waals surface area contributed by atoms with Gasteiger partial charge < -0.3 is 23.8 Å². The van der Waals surface area contributed by atoms with Crippen LogP contribution in [-0.2, 0) is 28.5 Å². The number of piperidine rings is 1. The highest BCUT2D eigenvalue weighted by Gasteiger charge is 2.68. The van der Waals surface area contributed by atoms with Crippen molar-refractivity contribution in [1.29, 1.82) is 0 Å². The second-order valence-electron chi connectivity index (χ2n) is 13.3. The largest absolute Gasteiger partial charge is 0.454 e. The van der Waals surface area contributed by atoms with Crippen LogP contribution in [0.1, 0.15) is 70.7 Å². The van der Waals surface area contributed by atoms with E-state index in [1.165, 1.54) is 0 Å². The Bertz CT molecular complexity index is 1340. The maximum atomic E-state index is 14.2. The van der Waals surface area contributed by atoms with Gasteiger partial charge in [-0.25, -0.2) is 4.79 Å². The summed E-state index contributed by atoms with van der Waals surface area (Å²) in [5.74, 6) is -1.30. The van der Waals surface area contributed by atoms with Gasteiger partial charge in [-0.15, -0.1) is 0 Å². The quantitative estimate of drug-likeness (QED) is 0.481. The van der Waals surface area contributed by atoms with Crippen molar-refractivity contribution in [3.8, 4) is 0 Å². The Morgan fingerprint density at radius 2 is 1.62 bits per heavy atom. The van der Waals surface area contributed by atoms with E-state index in [4.69, 9.17) is 18.9 Å². The molecule has 1 spiro atoms. The van der Waals surface area contributed by atoms with Crippen molar-refractivity contribution < 1.29 is 33.3 Å². The van der Waals surface area contributed by atoms with E-state index in [9.17, 15) is 14.4 Å². The minimum atomic E-state index is -1.18. The van der Waals surface area contributed by atoms with Crippen molar-refractivity contribution in [1.82, 2.24) is 9.80 Å². The molecule has 6 atom stereocenters. The van der Waals surface area contributed by atoms with E-state index in [1.807, 2.05) is 95.3 Å². The molecule has 0 bridgehead atoms. The number of carbonyl (C=O) groups is 3. The number of hydrogen-bond acceptors (Lipinski definition) is 8. The van der Waals surface area contributed by atoms with Crippen molar-refractivity contribution in [2.24, 2.45) is 5.41 Å². The summed E-state index contributed by atoms with van der Waals surface area (Å²) >= 11 is 0. The van der Waals surface area contributed by atoms with Gasteiger partial charge in [0.25, 0.3) is 0 Å². The third kappa shape index (κ3) is 5.12. The number of esters is 1. The molecule has 0 aliphatic carbocycles. The molecule has 0 unspecified atom stereocenters. The number of benzene rings is 2. The van der Waals surface area contributed by atoms with Crippen molar-refractivity contribution in [2.75, 3.05) is 19.7 Å². The molecule has 1 amide bonds. The molecule has 9 heteroatoms. The van der Waals surface area contributed by atoms with Crippen LogP contribution in [0.25, 0.3) is 0 Å². The molecule has 9 nitrogen and oxygen atoms in total. The summed E-state index contributed by atoms with van der Waals surface area (Å²) in [6, 6.07) is 18.0. The van der Waals surface area contributed by atoms with Gasteiger partial charge in [0.15, 0.2) is 5.79 Å². The minimum absolute atomic E-state index is 0.0418. The van der Waals surface area contributed by atoms with E-state index >= 15 is 0 Å². The maximum Gasteiger partial charge on any atom is 0.410 e. The van der Waals surface area contributed by atoms with Crippen molar-refractivity contribution >= 4 is 17.8 Å². The molecule has 2 aromatic carbocycles. The number of nitrogens with zero attached hydrogens (tertiary/aromatic N) is 2. The third-order valence-corrected chi connectivity index (χ3v) is 8.87. The third-order valence-electron chi connectivity index (χ3n) is 8.87. The van der Waals surface area contributed by atoms with Gasteiger partial charge in [-0.1, -0.05) is 60.7 Å². The molecular weight excluding hydrogens is 536 g/mol. The molecule has 4 fully saturated rings. The molecule has 4 saturated heterocycles. The first-order chi connectivity index (χ1) is 19.9. The van der Waals surface area contributed by atoms with Gasteiger partial charge in [-0.3, -0.25) is 14.5 Å².